The zero-order chi connectivity index (χ0) is 10.7. The molecule has 1 heterocycles. The minimum atomic E-state index is -0.535. The van der Waals surface area contributed by atoms with Gasteiger partial charge >= 0.3 is 5.97 Å². The van der Waals surface area contributed by atoms with Gasteiger partial charge in [-0.25, -0.2) is 4.79 Å². The average Bonchev–Trinajstić information content (AvgIpc) is 2.64. The summed E-state index contributed by atoms with van der Waals surface area (Å²) in [6.07, 6.45) is 0. The van der Waals surface area contributed by atoms with Gasteiger partial charge in [-0.15, -0.1) is 0 Å². The third kappa shape index (κ3) is 2.02. The molecule has 1 aromatic rings. The molecule has 76 valence electrons. The standard InChI is InChI=1S/C10H12O4/c1-6(7(2)11)8-4-5-9(14-8)10(12)13-3/h4-6H,1-3H3. The van der Waals surface area contributed by atoms with Gasteiger partial charge in [-0.1, -0.05) is 0 Å². The highest BCUT2D eigenvalue weighted by Crippen LogP contribution is 2.19. The maximum Gasteiger partial charge on any atom is 0.373 e. The largest absolute Gasteiger partial charge is 0.463 e. The van der Waals surface area contributed by atoms with Crippen molar-refractivity contribution < 1.29 is 18.7 Å². The first-order valence-corrected chi connectivity index (χ1v) is 4.24. The maximum atomic E-state index is 11.0. The molecule has 0 saturated carbocycles. The molecule has 14 heavy (non-hydrogen) atoms. The SMILES string of the molecule is COC(=O)c1ccc(C(C)C(C)=O)o1. The molecule has 0 N–H and O–H groups in total. The number of carbonyl (C=O) groups is 2. The molecule has 0 aliphatic heterocycles. The number of rotatable bonds is 3. The average molecular weight is 196 g/mol. The summed E-state index contributed by atoms with van der Waals surface area (Å²) in [5.74, 6) is -0.260. The van der Waals surface area contributed by atoms with Crippen molar-refractivity contribution in [3.63, 3.8) is 0 Å². The number of hydrogen-bond acceptors (Lipinski definition) is 4. The van der Waals surface area contributed by atoms with Crippen LogP contribution in [0.5, 0.6) is 0 Å². The second-order valence-corrected chi connectivity index (χ2v) is 3.03. The number of hydrogen-bond donors (Lipinski definition) is 0. The lowest BCUT2D eigenvalue weighted by Crippen LogP contribution is -2.03. The van der Waals surface area contributed by atoms with Gasteiger partial charge in [0.1, 0.15) is 11.5 Å². The predicted octanol–water partition coefficient (Wildman–Crippen LogP) is 1.76. The van der Waals surface area contributed by atoms with Crippen LogP contribution in [-0.2, 0) is 9.53 Å². The highest BCUT2D eigenvalue weighted by atomic mass is 16.5. The quantitative estimate of drug-likeness (QED) is 0.691. The number of ketones is 1. The second-order valence-electron chi connectivity index (χ2n) is 3.03. The summed E-state index contributed by atoms with van der Waals surface area (Å²) >= 11 is 0. The Morgan fingerprint density at radius 3 is 2.57 bits per heavy atom. The summed E-state index contributed by atoms with van der Waals surface area (Å²) in [4.78, 5) is 22.0. The van der Waals surface area contributed by atoms with E-state index in [4.69, 9.17) is 4.42 Å². The molecule has 0 saturated heterocycles. The van der Waals surface area contributed by atoms with Crippen LogP contribution in [-0.4, -0.2) is 18.9 Å². The Balaban J connectivity index is 2.88. The maximum absolute atomic E-state index is 11.0. The molecule has 4 nitrogen and oxygen atoms in total. The minimum Gasteiger partial charge on any atom is -0.463 e. The Kier molecular flexibility index (Phi) is 3.06. The number of esters is 1. The molecule has 1 atom stereocenters. The van der Waals surface area contributed by atoms with Crippen molar-refractivity contribution in [2.75, 3.05) is 7.11 Å². The van der Waals surface area contributed by atoms with E-state index in [9.17, 15) is 9.59 Å². The first kappa shape index (κ1) is 10.5. The molecule has 4 heteroatoms. The third-order valence-corrected chi connectivity index (χ3v) is 2.05. The molecule has 0 aliphatic carbocycles. The van der Waals surface area contributed by atoms with Crippen LogP contribution in [0.25, 0.3) is 0 Å². The van der Waals surface area contributed by atoms with Crippen LogP contribution in [0.15, 0.2) is 16.5 Å². The van der Waals surface area contributed by atoms with E-state index < -0.39 is 5.97 Å². The zero-order valence-electron chi connectivity index (χ0n) is 8.37. The first-order chi connectivity index (χ1) is 6.56. The fourth-order valence-electron chi connectivity index (χ4n) is 0.996. The topological polar surface area (TPSA) is 56.5 Å². The number of carbonyl (C=O) groups excluding carboxylic acids is 2. The van der Waals surface area contributed by atoms with Crippen LogP contribution in [0.2, 0.25) is 0 Å². The second kappa shape index (κ2) is 4.09. The minimum absolute atomic E-state index is 0.00392. The monoisotopic (exact) mass is 196 g/mol. The molecule has 0 radical (unpaired) electrons. The van der Waals surface area contributed by atoms with Gasteiger partial charge in [0.2, 0.25) is 5.76 Å². The molecule has 1 rings (SSSR count). The molecular formula is C10H12O4. The van der Waals surface area contributed by atoms with Gasteiger partial charge in [0, 0.05) is 0 Å². The molecule has 0 aromatic carbocycles. The van der Waals surface area contributed by atoms with Crippen LogP contribution >= 0.6 is 0 Å². The lowest BCUT2D eigenvalue weighted by Gasteiger charge is -2.01. The van der Waals surface area contributed by atoms with E-state index in [2.05, 4.69) is 4.74 Å². The van der Waals surface area contributed by atoms with Gasteiger partial charge in [0.05, 0.1) is 13.0 Å². The molecule has 0 fully saturated rings. The number of furan rings is 1. The third-order valence-electron chi connectivity index (χ3n) is 2.05. The van der Waals surface area contributed by atoms with E-state index in [1.807, 2.05) is 0 Å². The van der Waals surface area contributed by atoms with E-state index in [1.54, 1.807) is 13.0 Å². The Hall–Kier alpha value is -1.58. The fraction of sp³-hybridized carbons (Fsp3) is 0.400. The van der Waals surface area contributed by atoms with Gasteiger partial charge in [0.25, 0.3) is 0 Å². The lowest BCUT2D eigenvalue weighted by atomic mass is 10.1. The van der Waals surface area contributed by atoms with Crippen molar-refractivity contribution in [3.8, 4) is 0 Å². The Morgan fingerprint density at radius 1 is 1.43 bits per heavy atom. The van der Waals surface area contributed by atoms with Gasteiger partial charge in [-0.2, -0.15) is 0 Å². The summed E-state index contributed by atoms with van der Waals surface area (Å²) in [5, 5.41) is 0. The highest BCUT2D eigenvalue weighted by molar-refractivity contribution is 5.87. The van der Waals surface area contributed by atoms with Crippen LogP contribution in [0.3, 0.4) is 0 Å². The van der Waals surface area contributed by atoms with Crippen molar-refractivity contribution in [2.24, 2.45) is 0 Å². The predicted molar refractivity (Wildman–Crippen MR) is 49.1 cm³/mol. The lowest BCUT2D eigenvalue weighted by molar-refractivity contribution is -0.118. The molecule has 1 unspecified atom stereocenters. The van der Waals surface area contributed by atoms with Crippen LogP contribution < -0.4 is 0 Å². The van der Waals surface area contributed by atoms with Crippen molar-refractivity contribution >= 4 is 11.8 Å². The van der Waals surface area contributed by atoms with Crippen molar-refractivity contribution in [1.82, 2.24) is 0 Å². The van der Waals surface area contributed by atoms with Crippen LogP contribution in [0.4, 0.5) is 0 Å². The van der Waals surface area contributed by atoms with Gasteiger partial charge in [0.15, 0.2) is 0 Å². The van der Waals surface area contributed by atoms with Gasteiger partial charge in [-0.3, -0.25) is 4.79 Å². The summed E-state index contributed by atoms with van der Waals surface area (Å²) in [5.41, 5.74) is 0. The molecule has 0 bridgehead atoms. The number of methoxy groups -OCH3 is 1. The Morgan fingerprint density at radius 2 is 2.07 bits per heavy atom. The van der Waals surface area contributed by atoms with E-state index >= 15 is 0 Å². The summed E-state index contributed by atoms with van der Waals surface area (Å²) < 4.78 is 9.64. The molecular weight excluding hydrogens is 184 g/mol. The van der Waals surface area contributed by atoms with Gasteiger partial charge < -0.3 is 9.15 Å². The normalized spacial score (nSPS) is 12.2. The summed E-state index contributed by atoms with van der Waals surface area (Å²) in [6.45, 7) is 3.20. The van der Waals surface area contributed by atoms with Crippen LogP contribution in [0.1, 0.15) is 36.1 Å². The molecule has 0 spiro atoms. The number of ether oxygens (including phenoxy) is 1. The smallest absolute Gasteiger partial charge is 0.373 e. The summed E-state index contributed by atoms with van der Waals surface area (Å²) in [6, 6.07) is 3.11. The zero-order valence-corrected chi connectivity index (χ0v) is 8.37. The fourth-order valence-corrected chi connectivity index (χ4v) is 0.996. The van der Waals surface area contributed by atoms with Crippen molar-refractivity contribution in [2.45, 2.75) is 19.8 Å². The van der Waals surface area contributed by atoms with E-state index in [0.717, 1.165) is 0 Å². The Bertz CT molecular complexity index is 351. The molecule has 1 aromatic heterocycles. The van der Waals surface area contributed by atoms with Crippen LogP contribution in [0, 0.1) is 0 Å². The van der Waals surface area contributed by atoms with E-state index in [-0.39, 0.29) is 17.5 Å². The summed E-state index contributed by atoms with van der Waals surface area (Å²) in [7, 11) is 1.28. The molecule has 0 aliphatic rings. The number of Topliss-reactive ketones (excluding diaryl/α,β-unsaturated/α-hetero) is 1. The molecule has 0 amide bonds. The van der Waals surface area contributed by atoms with E-state index in [0.29, 0.717) is 5.76 Å². The first-order valence-electron chi connectivity index (χ1n) is 4.24. The van der Waals surface area contributed by atoms with Gasteiger partial charge in [-0.05, 0) is 26.0 Å². The van der Waals surface area contributed by atoms with Crippen molar-refractivity contribution in [1.29, 1.82) is 0 Å². The van der Waals surface area contributed by atoms with Crippen molar-refractivity contribution in [3.05, 3.63) is 23.7 Å². The van der Waals surface area contributed by atoms with E-state index in [1.165, 1.54) is 20.1 Å². The Labute approximate surface area is 81.9 Å². The highest BCUT2D eigenvalue weighted by Gasteiger charge is 2.17.